The van der Waals surface area contributed by atoms with E-state index < -0.39 is 11.4 Å². The van der Waals surface area contributed by atoms with Gasteiger partial charge in [-0.25, -0.2) is 4.39 Å². The third kappa shape index (κ3) is 6.24. The number of anilines is 1. The molecule has 1 fully saturated rings. The van der Waals surface area contributed by atoms with Gasteiger partial charge < -0.3 is 20.7 Å². The molecule has 160 valence electrons. The van der Waals surface area contributed by atoms with Crippen LogP contribution in [0.3, 0.4) is 0 Å². The highest BCUT2D eigenvalue weighted by Gasteiger charge is 2.42. The lowest BCUT2D eigenvalue weighted by molar-refractivity contribution is -0.126. The lowest BCUT2D eigenvalue weighted by atomic mass is 9.74. The molecule has 9 heteroatoms. The van der Waals surface area contributed by atoms with Gasteiger partial charge in [0.15, 0.2) is 6.61 Å². The van der Waals surface area contributed by atoms with E-state index in [0.717, 1.165) is 11.8 Å². The van der Waals surface area contributed by atoms with Crippen LogP contribution in [0.5, 0.6) is 5.75 Å². The van der Waals surface area contributed by atoms with Crippen molar-refractivity contribution in [2.45, 2.75) is 31.3 Å². The summed E-state index contributed by atoms with van der Waals surface area (Å²) in [5, 5.41) is 9.47. The maximum Gasteiger partial charge on any atom is 0.258 e. The lowest BCUT2D eigenvalue weighted by Gasteiger charge is -2.45. The van der Waals surface area contributed by atoms with Gasteiger partial charge in [0.05, 0.1) is 11.6 Å². The number of nitrogens with one attached hydrogen (secondary N) is 3. The maximum absolute atomic E-state index is 13.4. The van der Waals surface area contributed by atoms with Crippen LogP contribution in [0, 0.1) is 5.82 Å². The SMILES string of the molecule is CC1(NC(=O)COc2ccc(Cl)c(F)c2)CC(NC(=O)CNc2ccc(Cl)cc2)C1. The van der Waals surface area contributed by atoms with Gasteiger partial charge in [0.2, 0.25) is 5.91 Å². The topological polar surface area (TPSA) is 79.5 Å². The molecule has 0 heterocycles. The third-order valence-electron chi connectivity index (χ3n) is 4.76. The molecule has 0 aliphatic heterocycles. The normalized spacial score (nSPS) is 20.1. The molecule has 2 aromatic rings. The van der Waals surface area contributed by atoms with Gasteiger partial charge >= 0.3 is 0 Å². The molecule has 30 heavy (non-hydrogen) atoms. The van der Waals surface area contributed by atoms with Crippen molar-refractivity contribution in [3.8, 4) is 5.75 Å². The Hall–Kier alpha value is -2.51. The highest BCUT2D eigenvalue weighted by molar-refractivity contribution is 6.31. The van der Waals surface area contributed by atoms with E-state index in [9.17, 15) is 14.0 Å². The molecule has 6 nitrogen and oxygen atoms in total. The van der Waals surface area contributed by atoms with Gasteiger partial charge in [-0.1, -0.05) is 23.2 Å². The largest absolute Gasteiger partial charge is 0.484 e. The Morgan fingerprint density at radius 2 is 1.83 bits per heavy atom. The Kier molecular flexibility index (Phi) is 7.05. The predicted octanol–water partition coefficient (Wildman–Crippen LogP) is 3.78. The van der Waals surface area contributed by atoms with Crippen LogP contribution >= 0.6 is 23.2 Å². The van der Waals surface area contributed by atoms with Crippen molar-refractivity contribution in [1.82, 2.24) is 10.6 Å². The summed E-state index contributed by atoms with van der Waals surface area (Å²) in [4.78, 5) is 24.2. The molecule has 1 aliphatic carbocycles. The fourth-order valence-corrected chi connectivity index (χ4v) is 3.59. The zero-order valence-electron chi connectivity index (χ0n) is 16.3. The standard InChI is InChI=1S/C21H22Cl2FN3O3/c1-21(27-20(29)12-30-16-6-7-17(23)18(24)8-16)9-15(10-21)26-19(28)11-25-14-4-2-13(22)3-5-14/h2-8,15,25H,9-12H2,1H3,(H,26,28)(H,27,29). The van der Waals surface area contributed by atoms with E-state index >= 15 is 0 Å². The molecule has 0 radical (unpaired) electrons. The Morgan fingerprint density at radius 3 is 2.50 bits per heavy atom. The molecule has 1 aliphatic rings. The molecule has 2 aromatic carbocycles. The zero-order chi connectivity index (χ0) is 21.7. The van der Waals surface area contributed by atoms with E-state index in [2.05, 4.69) is 16.0 Å². The average molecular weight is 454 g/mol. The molecule has 0 atom stereocenters. The Morgan fingerprint density at radius 1 is 1.13 bits per heavy atom. The van der Waals surface area contributed by atoms with Crippen LogP contribution in [0.4, 0.5) is 10.1 Å². The summed E-state index contributed by atoms with van der Waals surface area (Å²) in [7, 11) is 0. The van der Waals surface area contributed by atoms with E-state index in [4.69, 9.17) is 27.9 Å². The van der Waals surface area contributed by atoms with E-state index in [1.165, 1.54) is 12.1 Å². The summed E-state index contributed by atoms with van der Waals surface area (Å²) < 4.78 is 18.7. The lowest BCUT2D eigenvalue weighted by Crippen LogP contribution is -2.62. The Labute approximate surface area is 184 Å². The van der Waals surface area contributed by atoms with Crippen LogP contribution < -0.4 is 20.7 Å². The van der Waals surface area contributed by atoms with Crippen LogP contribution in [-0.2, 0) is 9.59 Å². The van der Waals surface area contributed by atoms with E-state index in [-0.39, 0.29) is 41.8 Å². The molecular weight excluding hydrogens is 432 g/mol. The minimum absolute atomic E-state index is 0.00904. The molecule has 3 N–H and O–H groups in total. The van der Waals surface area contributed by atoms with Crippen molar-refractivity contribution in [2.24, 2.45) is 0 Å². The van der Waals surface area contributed by atoms with Gasteiger partial charge in [0, 0.05) is 28.4 Å². The van der Waals surface area contributed by atoms with Gasteiger partial charge in [-0.2, -0.15) is 0 Å². The number of carbonyl (C=O) groups is 2. The van der Waals surface area contributed by atoms with Crippen LogP contribution in [0.1, 0.15) is 19.8 Å². The van der Waals surface area contributed by atoms with Crippen molar-refractivity contribution >= 4 is 40.7 Å². The fourth-order valence-electron chi connectivity index (χ4n) is 3.35. The Balaban J connectivity index is 1.35. The number of carbonyl (C=O) groups excluding carboxylic acids is 2. The number of benzene rings is 2. The monoisotopic (exact) mass is 453 g/mol. The summed E-state index contributed by atoms with van der Waals surface area (Å²) in [6.45, 7) is 1.81. The highest BCUT2D eigenvalue weighted by Crippen LogP contribution is 2.31. The average Bonchev–Trinajstić information content (AvgIpc) is 2.67. The fraction of sp³-hybridized carbons (Fsp3) is 0.333. The van der Waals surface area contributed by atoms with Gasteiger partial charge in [-0.05, 0) is 56.2 Å². The second-order valence-corrected chi connectivity index (χ2v) is 8.35. The first-order valence-electron chi connectivity index (χ1n) is 9.40. The first kappa shape index (κ1) is 22.2. The molecule has 0 aromatic heterocycles. The van der Waals surface area contributed by atoms with Crippen molar-refractivity contribution < 1.29 is 18.7 Å². The highest BCUT2D eigenvalue weighted by atomic mass is 35.5. The first-order chi connectivity index (χ1) is 14.2. The summed E-state index contributed by atoms with van der Waals surface area (Å²) in [5.41, 5.74) is 0.383. The maximum atomic E-state index is 13.4. The second kappa shape index (κ2) is 9.53. The molecule has 2 amide bonds. The number of hydrogen-bond acceptors (Lipinski definition) is 4. The van der Waals surface area contributed by atoms with Crippen LogP contribution in [0.2, 0.25) is 10.0 Å². The second-order valence-electron chi connectivity index (χ2n) is 7.51. The number of ether oxygens (including phenoxy) is 1. The smallest absolute Gasteiger partial charge is 0.258 e. The number of halogens is 3. The Bertz CT molecular complexity index is 918. The van der Waals surface area contributed by atoms with E-state index in [1.54, 1.807) is 24.3 Å². The summed E-state index contributed by atoms with van der Waals surface area (Å²) in [6, 6.07) is 11.1. The van der Waals surface area contributed by atoms with E-state index in [1.807, 2.05) is 6.92 Å². The summed E-state index contributed by atoms with van der Waals surface area (Å²) in [5.74, 6) is -0.827. The molecule has 1 saturated carbocycles. The van der Waals surface area contributed by atoms with Gasteiger partial charge in [-0.15, -0.1) is 0 Å². The van der Waals surface area contributed by atoms with Gasteiger partial charge in [0.1, 0.15) is 11.6 Å². The third-order valence-corrected chi connectivity index (χ3v) is 5.32. The van der Waals surface area contributed by atoms with Crippen molar-refractivity contribution in [1.29, 1.82) is 0 Å². The molecule has 0 spiro atoms. The number of hydrogen-bond donors (Lipinski definition) is 3. The summed E-state index contributed by atoms with van der Waals surface area (Å²) in [6.07, 6.45) is 1.22. The number of amides is 2. The minimum Gasteiger partial charge on any atom is -0.484 e. The van der Waals surface area contributed by atoms with E-state index in [0.29, 0.717) is 17.9 Å². The van der Waals surface area contributed by atoms with Crippen molar-refractivity contribution in [3.05, 3.63) is 58.3 Å². The van der Waals surface area contributed by atoms with Gasteiger partial charge in [-0.3, -0.25) is 9.59 Å². The van der Waals surface area contributed by atoms with Crippen molar-refractivity contribution in [2.75, 3.05) is 18.5 Å². The van der Waals surface area contributed by atoms with Crippen LogP contribution in [0.15, 0.2) is 42.5 Å². The molecular formula is C21H22Cl2FN3O3. The molecule has 0 saturated heterocycles. The van der Waals surface area contributed by atoms with Crippen LogP contribution in [0.25, 0.3) is 0 Å². The first-order valence-corrected chi connectivity index (χ1v) is 10.2. The predicted molar refractivity (Wildman–Crippen MR) is 115 cm³/mol. The van der Waals surface area contributed by atoms with Crippen LogP contribution in [-0.4, -0.2) is 36.5 Å². The zero-order valence-corrected chi connectivity index (χ0v) is 17.8. The summed E-state index contributed by atoms with van der Waals surface area (Å²) >= 11 is 11.4. The quantitative estimate of drug-likeness (QED) is 0.568. The number of rotatable bonds is 8. The minimum atomic E-state index is -0.607. The molecule has 0 unspecified atom stereocenters. The van der Waals surface area contributed by atoms with Gasteiger partial charge in [0.25, 0.3) is 5.91 Å². The van der Waals surface area contributed by atoms with Crippen molar-refractivity contribution in [3.63, 3.8) is 0 Å². The molecule has 3 rings (SSSR count). The molecule has 0 bridgehead atoms.